The van der Waals surface area contributed by atoms with E-state index in [1.807, 2.05) is 73.0 Å². The van der Waals surface area contributed by atoms with Crippen molar-refractivity contribution in [3.63, 3.8) is 0 Å². The number of thioether (sulfide) groups is 1. The molecule has 2 atom stereocenters. The molecule has 6 nitrogen and oxygen atoms in total. The minimum Gasteiger partial charge on any atom is -0.353 e. The van der Waals surface area contributed by atoms with Gasteiger partial charge in [0.2, 0.25) is 5.91 Å². The van der Waals surface area contributed by atoms with Crippen LogP contribution < -0.4 is 5.32 Å². The lowest BCUT2D eigenvalue weighted by atomic mass is 10.1. The standard InChI is InChI=1S/C26H26ClN5OS/c1-18(8-9-20-6-4-3-5-7-20)29-25(33)19(2)34-26-31-30-24(21-14-16-28-17-15-21)32(26)23-12-10-22(27)11-13-23/h3-7,10-19H,8-9H2,1-2H3,(H,29,33). The molecule has 2 aromatic carbocycles. The predicted molar refractivity (Wildman–Crippen MR) is 137 cm³/mol. The predicted octanol–water partition coefficient (Wildman–Crippen LogP) is 5.60. The smallest absolute Gasteiger partial charge is 0.233 e. The van der Waals surface area contributed by atoms with Crippen LogP contribution in [-0.2, 0) is 11.2 Å². The van der Waals surface area contributed by atoms with Crippen LogP contribution in [0, 0.1) is 0 Å². The molecule has 2 unspecified atom stereocenters. The van der Waals surface area contributed by atoms with Crippen LogP contribution >= 0.6 is 23.4 Å². The molecule has 4 rings (SSSR count). The molecule has 4 aromatic rings. The van der Waals surface area contributed by atoms with Crippen molar-refractivity contribution in [1.29, 1.82) is 0 Å². The average Bonchev–Trinajstić information content (AvgIpc) is 3.27. The molecule has 34 heavy (non-hydrogen) atoms. The zero-order valence-corrected chi connectivity index (χ0v) is 20.6. The Morgan fingerprint density at radius 3 is 2.41 bits per heavy atom. The number of pyridine rings is 1. The fraction of sp³-hybridized carbons (Fsp3) is 0.231. The molecule has 8 heteroatoms. The molecule has 0 saturated carbocycles. The van der Waals surface area contributed by atoms with Gasteiger partial charge in [0.1, 0.15) is 0 Å². The first-order chi connectivity index (χ1) is 16.5. The molecule has 1 amide bonds. The van der Waals surface area contributed by atoms with Crippen LogP contribution in [0.3, 0.4) is 0 Å². The SMILES string of the molecule is CC(CCc1ccccc1)NC(=O)C(C)Sc1nnc(-c2ccncc2)n1-c1ccc(Cl)cc1. The van der Waals surface area contributed by atoms with Gasteiger partial charge in [-0.25, -0.2) is 0 Å². The summed E-state index contributed by atoms with van der Waals surface area (Å²) in [7, 11) is 0. The van der Waals surface area contributed by atoms with Crippen LogP contribution in [-0.4, -0.2) is 36.9 Å². The number of aryl methyl sites for hydroxylation is 1. The molecule has 0 saturated heterocycles. The topological polar surface area (TPSA) is 72.7 Å². The molecule has 174 valence electrons. The lowest BCUT2D eigenvalue weighted by Gasteiger charge is -2.18. The van der Waals surface area contributed by atoms with Gasteiger partial charge in [0.05, 0.1) is 5.25 Å². The van der Waals surface area contributed by atoms with Crippen LogP contribution in [0.2, 0.25) is 5.02 Å². The number of nitrogens with one attached hydrogen (secondary N) is 1. The van der Waals surface area contributed by atoms with Crippen LogP contribution in [0.1, 0.15) is 25.8 Å². The molecule has 2 heterocycles. The maximum atomic E-state index is 12.9. The van der Waals surface area contributed by atoms with Gasteiger partial charge in [-0.15, -0.1) is 10.2 Å². The van der Waals surface area contributed by atoms with Gasteiger partial charge in [0, 0.05) is 34.7 Å². The first-order valence-electron chi connectivity index (χ1n) is 11.1. The van der Waals surface area contributed by atoms with E-state index in [-0.39, 0.29) is 17.2 Å². The van der Waals surface area contributed by atoms with Crippen LogP contribution in [0.15, 0.2) is 84.3 Å². The second-order valence-electron chi connectivity index (χ2n) is 8.05. The van der Waals surface area contributed by atoms with E-state index in [4.69, 9.17) is 11.6 Å². The van der Waals surface area contributed by atoms with Gasteiger partial charge in [-0.3, -0.25) is 14.3 Å². The highest BCUT2D eigenvalue weighted by Crippen LogP contribution is 2.30. The summed E-state index contributed by atoms with van der Waals surface area (Å²) in [6.07, 6.45) is 5.23. The zero-order valence-electron chi connectivity index (χ0n) is 19.1. The second kappa shape index (κ2) is 11.3. The summed E-state index contributed by atoms with van der Waals surface area (Å²) in [6, 6.07) is 21.6. The largest absolute Gasteiger partial charge is 0.353 e. The first-order valence-corrected chi connectivity index (χ1v) is 12.4. The number of carbonyl (C=O) groups excluding carboxylic acids is 1. The Kier molecular flexibility index (Phi) is 7.98. The van der Waals surface area contributed by atoms with Gasteiger partial charge in [-0.1, -0.05) is 53.7 Å². The molecule has 0 radical (unpaired) electrons. The number of benzene rings is 2. The Morgan fingerprint density at radius 2 is 1.71 bits per heavy atom. The third-order valence-electron chi connectivity index (χ3n) is 5.41. The molecule has 0 aliphatic carbocycles. The third kappa shape index (κ3) is 6.04. The number of halogens is 1. The van der Waals surface area contributed by atoms with Crippen molar-refractivity contribution in [1.82, 2.24) is 25.1 Å². The summed E-state index contributed by atoms with van der Waals surface area (Å²) in [4.78, 5) is 17.0. The molecule has 0 aliphatic heterocycles. The minimum absolute atomic E-state index is 0.0262. The lowest BCUT2D eigenvalue weighted by molar-refractivity contribution is -0.120. The number of rotatable bonds is 9. The molecular weight excluding hydrogens is 466 g/mol. The van der Waals surface area contributed by atoms with Gasteiger partial charge in [-0.05, 0) is 68.7 Å². The van der Waals surface area contributed by atoms with Gasteiger partial charge in [0.15, 0.2) is 11.0 Å². The maximum absolute atomic E-state index is 12.9. The van der Waals surface area contributed by atoms with E-state index in [0.29, 0.717) is 16.0 Å². The summed E-state index contributed by atoms with van der Waals surface area (Å²) < 4.78 is 1.94. The summed E-state index contributed by atoms with van der Waals surface area (Å²) in [5.41, 5.74) is 3.02. The van der Waals surface area contributed by atoms with Crippen molar-refractivity contribution < 1.29 is 4.79 Å². The van der Waals surface area contributed by atoms with Crippen molar-refractivity contribution in [3.05, 3.63) is 89.7 Å². The number of hydrogen-bond acceptors (Lipinski definition) is 5. The number of hydrogen-bond donors (Lipinski definition) is 1. The molecular formula is C26H26ClN5OS. The van der Waals surface area contributed by atoms with Crippen molar-refractivity contribution in [2.24, 2.45) is 0 Å². The van der Waals surface area contributed by atoms with Gasteiger partial charge in [0.25, 0.3) is 0 Å². The Bertz CT molecular complexity index is 1220. The Hall–Kier alpha value is -3.16. The van der Waals surface area contributed by atoms with Gasteiger partial charge >= 0.3 is 0 Å². The Morgan fingerprint density at radius 1 is 1.00 bits per heavy atom. The van der Waals surface area contributed by atoms with E-state index in [1.165, 1.54) is 17.3 Å². The molecule has 0 bridgehead atoms. The van der Waals surface area contributed by atoms with Crippen molar-refractivity contribution in [3.8, 4) is 17.1 Å². The molecule has 1 N–H and O–H groups in total. The zero-order chi connectivity index (χ0) is 23.9. The normalized spacial score (nSPS) is 12.8. The van der Waals surface area contributed by atoms with E-state index >= 15 is 0 Å². The average molecular weight is 492 g/mol. The lowest BCUT2D eigenvalue weighted by Crippen LogP contribution is -2.38. The van der Waals surface area contributed by atoms with E-state index in [2.05, 4.69) is 32.6 Å². The van der Waals surface area contributed by atoms with E-state index in [0.717, 1.165) is 24.1 Å². The minimum atomic E-state index is -0.347. The van der Waals surface area contributed by atoms with E-state index in [1.54, 1.807) is 12.4 Å². The summed E-state index contributed by atoms with van der Waals surface area (Å²) >= 11 is 7.48. The van der Waals surface area contributed by atoms with Crippen LogP contribution in [0.25, 0.3) is 17.1 Å². The quantitative estimate of drug-likeness (QED) is 0.308. The Labute approximate surface area is 208 Å². The number of amides is 1. The number of aromatic nitrogens is 4. The van der Waals surface area contributed by atoms with Crippen molar-refractivity contribution in [2.45, 2.75) is 43.1 Å². The second-order valence-corrected chi connectivity index (χ2v) is 9.79. The monoisotopic (exact) mass is 491 g/mol. The van der Waals surface area contributed by atoms with E-state index in [9.17, 15) is 4.79 Å². The van der Waals surface area contributed by atoms with Gasteiger partial charge in [-0.2, -0.15) is 0 Å². The van der Waals surface area contributed by atoms with Gasteiger partial charge < -0.3 is 5.32 Å². The summed E-state index contributed by atoms with van der Waals surface area (Å²) in [6.45, 7) is 3.92. The summed E-state index contributed by atoms with van der Waals surface area (Å²) in [5.74, 6) is 0.651. The molecule has 0 aliphatic rings. The van der Waals surface area contributed by atoms with Crippen molar-refractivity contribution >= 4 is 29.3 Å². The first kappa shape index (κ1) is 24.0. The number of nitrogens with zero attached hydrogens (tertiary/aromatic N) is 4. The highest BCUT2D eigenvalue weighted by molar-refractivity contribution is 8.00. The Balaban J connectivity index is 1.48. The van der Waals surface area contributed by atoms with E-state index < -0.39 is 0 Å². The highest BCUT2D eigenvalue weighted by Gasteiger charge is 2.22. The fourth-order valence-electron chi connectivity index (χ4n) is 3.53. The highest BCUT2D eigenvalue weighted by atomic mass is 35.5. The molecule has 2 aromatic heterocycles. The molecule has 0 fully saturated rings. The van der Waals surface area contributed by atoms with Crippen molar-refractivity contribution in [2.75, 3.05) is 0 Å². The fourth-order valence-corrected chi connectivity index (χ4v) is 4.53. The number of carbonyl (C=O) groups is 1. The third-order valence-corrected chi connectivity index (χ3v) is 6.70. The maximum Gasteiger partial charge on any atom is 0.233 e. The molecule has 0 spiro atoms. The summed E-state index contributed by atoms with van der Waals surface area (Å²) in [5, 5.41) is 12.9. The van der Waals surface area contributed by atoms with Crippen LogP contribution in [0.4, 0.5) is 0 Å². The van der Waals surface area contributed by atoms with Crippen LogP contribution in [0.5, 0.6) is 0 Å².